The second kappa shape index (κ2) is 7.68. The minimum atomic E-state index is 0.0571. The van der Waals surface area contributed by atoms with E-state index in [1.807, 2.05) is 48.9 Å². The number of hydrogen-bond acceptors (Lipinski definition) is 5. The number of aryl methyl sites for hydroxylation is 2. The largest absolute Gasteiger partial charge is 0.353 e. The smallest absolute Gasteiger partial charge is 0.230 e. The average Bonchev–Trinajstić information content (AvgIpc) is 3.30. The summed E-state index contributed by atoms with van der Waals surface area (Å²) in [5, 5.41) is 18.2. The number of carbonyl (C=O) groups excluding carboxylic acids is 1. The molecule has 0 unspecified atom stereocenters. The first-order valence-corrected chi connectivity index (χ1v) is 10.3. The highest BCUT2D eigenvalue weighted by atomic mass is 32.2. The van der Waals surface area contributed by atoms with Crippen molar-refractivity contribution in [2.75, 3.05) is 5.75 Å². The molecular formula is C20H23N5OS. The Morgan fingerprint density at radius 3 is 2.67 bits per heavy atom. The van der Waals surface area contributed by atoms with E-state index in [2.05, 4.69) is 15.5 Å². The van der Waals surface area contributed by atoms with Crippen LogP contribution in [0.4, 0.5) is 0 Å². The Hall–Kier alpha value is -2.41. The fourth-order valence-electron chi connectivity index (χ4n) is 3.69. The van der Waals surface area contributed by atoms with Crippen LogP contribution in [0, 0.1) is 13.8 Å². The van der Waals surface area contributed by atoms with Gasteiger partial charge in [-0.25, -0.2) is 4.68 Å². The average molecular weight is 382 g/mol. The molecule has 1 amide bonds. The molecule has 0 aliphatic heterocycles. The number of nitrogens with one attached hydrogen (secondary N) is 1. The molecule has 0 spiro atoms. The van der Waals surface area contributed by atoms with Crippen LogP contribution in [-0.4, -0.2) is 37.7 Å². The predicted octanol–water partition coefficient (Wildman–Crippen LogP) is 3.58. The van der Waals surface area contributed by atoms with Crippen molar-refractivity contribution in [2.24, 2.45) is 0 Å². The lowest BCUT2D eigenvalue weighted by Gasteiger charge is -2.11. The molecule has 3 aromatic rings. The maximum atomic E-state index is 12.3. The molecule has 7 heteroatoms. The topological polar surface area (TPSA) is 72.7 Å². The SMILES string of the molecule is Cc1nnc(SCC(=O)NC2CCCC2)c2nn(-c3ccccc3)c(C)c12. The Bertz CT molecular complexity index is 963. The highest BCUT2D eigenvalue weighted by molar-refractivity contribution is 8.00. The van der Waals surface area contributed by atoms with Gasteiger partial charge in [0.25, 0.3) is 0 Å². The van der Waals surface area contributed by atoms with E-state index in [0.29, 0.717) is 16.8 Å². The summed E-state index contributed by atoms with van der Waals surface area (Å²) in [6, 6.07) is 10.4. The van der Waals surface area contributed by atoms with E-state index < -0.39 is 0 Å². The second-order valence-electron chi connectivity index (χ2n) is 6.98. The maximum Gasteiger partial charge on any atom is 0.230 e. The number of amides is 1. The lowest BCUT2D eigenvalue weighted by atomic mass is 10.2. The van der Waals surface area contributed by atoms with Crippen molar-refractivity contribution < 1.29 is 4.79 Å². The summed E-state index contributed by atoms with van der Waals surface area (Å²) in [6.07, 6.45) is 4.59. The molecule has 1 aliphatic carbocycles. The summed E-state index contributed by atoms with van der Waals surface area (Å²) in [5.74, 6) is 0.391. The Balaban J connectivity index is 1.59. The van der Waals surface area contributed by atoms with Crippen LogP contribution in [0.2, 0.25) is 0 Å². The minimum absolute atomic E-state index is 0.0571. The van der Waals surface area contributed by atoms with Crippen molar-refractivity contribution in [2.45, 2.75) is 50.6 Å². The molecule has 0 radical (unpaired) electrons. The van der Waals surface area contributed by atoms with Crippen LogP contribution in [0.5, 0.6) is 0 Å². The maximum absolute atomic E-state index is 12.3. The van der Waals surface area contributed by atoms with Crippen LogP contribution in [0.1, 0.15) is 37.1 Å². The predicted molar refractivity (Wildman–Crippen MR) is 107 cm³/mol. The van der Waals surface area contributed by atoms with Gasteiger partial charge in [-0.15, -0.1) is 5.10 Å². The number of carbonyl (C=O) groups is 1. The van der Waals surface area contributed by atoms with Gasteiger partial charge in [-0.1, -0.05) is 42.8 Å². The van der Waals surface area contributed by atoms with Gasteiger partial charge >= 0.3 is 0 Å². The van der Waals surface area contributed by atoms with Gasteiger partial charge in [0.15, 0.2) is 0 Å². The summed E-state index contributed by atoms with van der Waals surface area (Å²) in [6.45, 7) is 3.98. The summed E-state index contributed by atoms with van der Waals surface area (Å²) in [4.78, 5) is 12.3. The van der Waals surface area contributed by atoms with Gasteiger partial charge in [0.1, 0.15) is 10.5 Å². The third-order valence-corrected chi connectivity index (χ3v) is 5.99. The highest BCUT2D eigenvalue weighted by Gasteiger charge is 2.20. The number of para-hydroxylation sites is 1. The first kappa shape index (κ1) is 18.0. The number of aromatic nitrogens is 4. The Labute approximate surface area is 162 Å². The van der Waals surface area contributed by atoms with E-state index in [1.165, 1.54) is 24.6 Å². The third-order valence-electron chi connectivity index (χ3n) is 5.03. The van der Waals surface area contributed by atoms with Gasteiger partial charge in [0.05, 0.1) is 22.8 Å². The summed E-state index contributed by atoms with van der Waals surface area (Å²) in [5.41, 5.74) is 3.69. The highest BCUT2D eigenvalue weighted by Crippen LogP contribution is 2.29. The van der Waals surface area contributed by atoms with Gasteiger partial charge < -0.3 is 5.32 Å². The normalized spacial score (nSPS) is 14.7. The zero-order valence-corrected chi connectivity index (χ0v) is 16.4. The Kier molecular flexibility index (Phi) is 5.11. The van der Waals surface area contributed by atoms with Gasteiger partial charge in [-0.2, -0.15) is 10.2 Å². The Morgan fingerprint density at radius 1 is 1.19 bits per heavy atom. The molecule has 6 nitrogen and oxygen atoms in total. The zero-order chi connectivity index (χ0) is 18.8. The monoisotopic (exact) mass is 381 g/mol. The first-order valence-electron chi connectivity index (χ1n) is 9.33. The van der Waals surface area contributed by atoms with Crippen LogP contribution in [0.25, 0.3) is 16.6 Å². The molecule has 4 rings (SSSR count). The molecule has 140 valence electrons. The van der Waals surface area contributed by atoms with Crippen LogP contribution < -0.4 is 5.32 Å². The van der Waals surface area contributed by atoms with Gasteiger partial charge in [0, 0.05) is 11.4 Å². The van der Waals surface area contributed by atoms with E-state index in [1.54, 1.807) is 0 Å². The van der Waals surface area contributed by atoms with E-state index in [-0.39, 0.29) is 5.91 Å². The van der Waals surface area contributed by atoms with Crippen LogP contribution in [-0.2, 0) is 4.79 Å². The molecule has 1 aromatic carbocycles. The fourth-order valence-corrected chi connectivity index (χ4v) is 4.42. The van der Waals surface area contributed by atoms with Gasteiger partial charge in [-0.05, 0) is 38.8 Å². The summed E-state index contributed by atoms with van der Waals surface area (Å²) in [7, 11) is 0. The molecular weight excluding hydrogens is 358 g/mol. The second-order valence-corrected chi connectivity index (χ2v) is 7.95. The van der Waals surface area contributed by atoms with Crippen molar-refractivity contribution in [3.05, 3.63) is 41.7 Å². The van der Waals surface area contributed by atoms with Crippen LogP contribution in [0.3, 0.4) is 0 Å². The van der Waals surface area contributed by atoms with Crippen molar-refractivity contribution in [1.82, 2.24) is 25.3 Å². The third kappa shape index (κ3) is 3.69. The summed E-state index contributed by atoms with van der Waals surface area (Å²) >= 11 is 1.41. The first-order chi connectivity index (χ1) is 13.1. The summed E-state index contributed by atoms with van der Waals surface area (Å²) < 4.78 is 1.92. The van der Waals surface area contributed by atoms with Gasteiger partial charge in [0.2, 0.25) is 5.91 Å². The molecule has 0 atom stereocenters. The number of fused-ring (bicyclic) bond motifs is 1. The van der Waals surface area contributed by atoms with E-state index in [9.17, 15) is 4.79 Å². The van der Waals surface area contributed by atoms with E-state index in [4.69, 9.17) is 5.10 Å². The van der Waals surface area contributed by atoms with Crippen LogP contribution in [0.15, 0.2) is 35.4 Å². The number of hydrogen-bond donors (Lipinski definition) is 1. The molecule has 2 aromatic heterocycles. The Morgan fingerprint density at radius 2 is 1.93 bits per heavy atom. The lowest BCUT2D eigenvalue weighted by Crippen LogP contribution is -2.33. The molecule has 1 fully saturated rings. The fraction of sp³-hybridized carbons (Fsp3) is 0.400. The standard InChI is InChI=1S/C20H23N5OS/c1-13-18-14(2)25(16-10-4-3-5-11-16)24-19(18)20(23-22-13)27-12-17(26)21-15-8-6-7-9-15/h3-5,10-11,15H,6-9,12H2,1-2H3,(H,21,26). The van der Waals surface area contributed by atoms with Crippen molar-refractivity contribution in [1.29, 1.82) is 0 Å². The molecule has 1 aliphatic rings. The molecule has 1 N–H and O–H groups in total. The minimum Gasteiger partial charge on any atom is -0.353 e. The number of benzene rings is 1. The van der Waals surface area contributed by atoms with Crippen molar-refractivity contribution >= 4 is 28.6 Å². The van der Waals surface area contributed by atoms with E-state index >= 15 is 0 Å². The molecule has 0 saturated heterocycles. The zero-order valence-electron chi connectivity index (χ0n) is 15.6. The molecule has 27 heavy (non-hydrogen) atoms. The number of nitrogens with zero attached hydrogens (tertiary/aromatic N) is 4. The van der Waals surface area contributed by atoms with Crippen molar-refractivity contribution in [3.63, 3.8) is 0 Å². The van der Waals surface area contributed by atoms with Crippen LogP contribution >= 0.6 is 11.8 Å². The van der Waals surface area contributed by atoms with Crippen molar-refractivity contribution in [3.8, 4) is 5.69 Å². The molecule has 0 bridgehead atoms. The molecule has 2 heterocycles. The number of thioether (sulfide) groups is 1. The van der Waals surface area contributed by atoms with Gasteiger partial charge in [-0.3, -0.25) is 4.79 Å². The number of rotatable bonds is 5. The molecule has 1 saturated carbocycles. The lowest BCUT2D eigenvalue weighted by molar-refractivity contribution is -0.119. The quantitative estimate of drug-likeness (QED) is 0.684. The van der Waals surface area contributed by atoms with E-state index in [0.717, 1.165) is 40.8 Å².